The van der Waals surface area contributed by atoms with E-state index in [0.717, 1.165) is 11.3 Å². The minimum absolute atomic E-state index is 0.138. The summed E-state index contributed by atoms with van der Waals surface area (Å²) < 4.78 is 10.8. The van der Waals surface area contributed by atoms with Crippen LogP contribution in [0.4, 0.5) is 0 Å². The molecule has 7 nitrogen and oxygen atoms in total. The SMILES string of the molecule is COc1ccc(OCCN(C)C(=O)c2ccc(CN3C(=O)c4ccccc4C3=O)cc2)cc1. The maximum Gasteiger partial charge on any atom is 0.261 e. The van der Waals surface area contributed by atoms with Gasteiger partial charge in [-0.3, -0.25) is 19.3 Å². The molecule has 0 radical (unpaired) electrons. The van der Waals surface area contributed by atoms with Crippen molar-refractivity contribution in [3.63, 3.8) is 0 Å². The zero-order chi connectivity index (χ0) is 23.4. The Hall–Kier alpha value is -4.13. The fourth-order valence-electron chi connectivity index (χ4n) is 3.61. The van der Waals surface area contributed by atoms with Gasteiger partial charge in [0.15, 0.2) is 0 Å². The molecule has 1 aliphatic heterocycles. The average Bonchev–Trinajstić information content (AvgIpc) is 3.09. The summed E-state index contributed by atoms with van der Waals surface area (Å²) in [5.41, 5.74) is 2.14. The summed E-state index contributed by atoms with van der Waals surface area (Å²) in [6.07, 6.45) is 0. The highest BCUT2D eigenvalue weighted by Gasteiger charge is 2.34. The highest BCUT2D eigenvalue weighted by molar-refractivity contribution is 6.21. The number of likely N-dealkylation sites (N-methyl/N-ethyl adjacent to an activating group) is 1. The molecule has 0 fully saturated rings. The van der Waals surface area contributed by atoms with Crippen molar-refractivity contribution >= 4 is 17.7 Å². The van der Waals surface area contributed by atoms with Crippen molar-refractivity contribution in [2.24, 2.45) is 0 Å². The smallest absolute Gasteiger partial charge is 0.261 e. The van der Waals surface area contributed by atoms with Gasteiger partial charge in [-0.25, -0.2) is 0 Å². The minimum Gasteiger partial charge on any atom is -0.497 e. The number of hydrogen-bond donors (Lipinski definition) is 0. The Kier molecular flexibility index (Phi) is 6.40. The van der Waals surface area contributed by atoms with Crippen LogP contribution in [-0.4, -0.2) is 54.8 Å². The van der Waals surface area contributed by atoms with Crippen LogP contribution in [0.25, 0.3) is 0 Å². The van der Waals surface area contributed by atoms with E-state index in [9.17, 15) is 14.4 Å². The first-order chi connectivity index (χ1) is 16.0. The zero-order valence-electron chi connectivity index (χ0n) is 18.5. The van der Waals surface area contributed by atoms with Gasteiger partial charge in [-0.05, 0) is 54.1 Å². The van der Waals surface area contributed by atoms with Gasteiger partial charge in [-0.15, -0.1) is 0 Å². The van der Waals surface area contributed by atoms with Crippen LogP contribution >= 0.6 is 0 Å². The van der Waals surface area contributed by atoms with Crippen LogP contribution in [0.1, 0.15) is 36.6 Å². The van der Waals surface area contributed by atoms with Gasteiger partial charge in [0.1, 0.15) is 18.1 Å². The quantitative estimate of drug-likeness (QED) is 0.496. The Morgan fingerprint density at radius 1 is 0.848 bits per heavy atom. The van der Waals surface area contributed by atoms with E-state index in [4.69, 9.17) is 9.47 Å². The molecule has 168 valence electrons. The fourth-order valence-corrected chi connectivity index (χ4v) is 3.61. The van der Waals surface area contributed by atoms with Crippen molar-refractivity contribution in [1.29, 1.82) is 0 Å². The van der Waals surface area contributed by atoms with Crippen molar-refractivity contribution in [2.45, 2.75) is 6.54 Å². The molecule has 1 aliphatic rings. The van der Waals surface area contributed by atoms with Crippen molar-refractivity contribution < 1.29 is 23.9 Å². The Morgan fingerprint density at radius 2 is 1.42 bits per heavy atom. The Balaban J connectivity index is 1.31. The molecule has 0 aromatic heterocycles. The molecule has 3 amide bonds. The minimum atomic E-state index is -0.299. The molecule has 0 aliphatic carbocycles. The molecule has 0 atom stereocenters. The number of methoxy groups -OCH3 is 1. The average molecular weight is 444 g/mol. The lowest BCUT2D eigenvalue weighted by Gasteiger charge is -2.18. The monoisotopic (exact) mass is 444 g/mol. The second-order valence-electron chi connectivity index (χ2n) is 7.69. The van der Waals surface area contributed by atoms with Crippen LogP contribution in [0.5, 0.6) is 11.5 Å². The third-order valence-electron chi connectivity index (χ3n) is 5.52. The zero-order valence-corrected chi connectivity index (χ0v) is 18.5. The summed E-state index contributed by atoms with van der Waals surface area (Å²) in [6, 6.07) is 21.0. The third kappa shape index (κ3) is 4.72. The summed E-state index contributed by atoms with van der Waals surface area (Å²) in [5.74, 6) is 0.718. The lowest BCUT2D eigenvalue weighted by atomic mass is 10.1. The van der Waals surface area contributed by atoms with Gasteiger partial charge in [-0.2, -0.15) is 0 Å². The summed E-state index contributed by atoms with van der Waals surface area (Å²) in [4.78, 5) is 40.6. The number of ether oxygens (including phenoxy) is 2. The number of carbonyl (C=O) groups is 3. The first-order valence-electron chi connectivity index (χ1n) is 10.5. The molecule has 0 spiro atoms. The van der Waals surface area contributed by atoms with Crippen molar-refractivity contribution in [2.75, 3.05) is 27.3 Å². The largest absolute Gasteiger partial charge is 0.497 e. The van der Waals surface area contributed by atoms with Gasteiger partial charge < -0.3 is 14.4 Å². The third-order valence-corrected chi connectivity index (χ3v) is 5.52. The van der Waals surface area contributed by atoms with Crippen molar-refractivity contribution in [3.8, 4) is 11.5 Å². The highest BCUT2D eigenvalue weighted by Crippen LogP contribution is 2.24. The van der Waals surface area contributed by atoms with E-state index in [2.05, 4.69) is 0 Å². The predicted molar refractivity (Wildman–Crippen MR) is 123 cm³/mol. The molecular formula is C26H24N2O5. The number of rotatable bonds is 8. The summed E-state index contributed by atoms with van der Waals surface area (Å²) in [7, 11) is 3.32. The van der Waals surface area contributed by atoms with Gasteiger partial charge in [0.25, 0.3) is 17.7 Å². The first-order valence-corrected chi connectivity index (χ1v) is 10.5. The van der Waals surface area contributed by atoms with Gasteiger partial charge in [0, 0.05) is 12.6 Å². The number of amides is 3. The molecule has 3 aromatic rings. The molecule has 0 bridgehead atoms. The van der Waals surface area contributed by atoms with E-state index in [-0.39, 0.29) is 24.3 Å². The lowest BCUT2D eigenvalue weighted by molar-refractivity contribution is 0.0641. The van der Waals surface area contributed by atoms with E-state index in [0.29, 0.717) is 35.6 Å². The number of nitrogens with zero attached hydrogens (tertiary/aromatic N) is 2. The maximum atomic E-state index is 12.7. The molecule has 0 N–H and O–H groups in total. The Labute approximate surface area is 192 Å². The number of fused-ring (bicyclic) bond motifs is 1. The fraction of sp³-hybridized carbons (Fsp3) is 0.192. The van der Waals surface area contributed by atoms with E-state index >= 15 is 0 Å². The first kappa shape index (κ1) is 22.1. The van der Waals surface area contributed by atoms with E-state index < -0.39 is 0 Å². The molecule has 0 unspecified atom stereocenters. The van der Waals surface area contributed by atoms with Crippen LogP contribution in [0.2, 0.25) is 0 Å². The molecule has 1 heterocycles. The number of benzene rings is 3. The summed E-state index contributed by atoms with van der Waals surface area (Å²) >= 11 is 0. The summed E-state index contributed by atoms with van der Waals surface area (Å²) in [5, 5.41) is 0. The topological polar surface area (TPSA) is 76.2 Å². The molecule has 7 heteroatoms. The standard InChI is InChI=1S/C26H24N2O5/c1-27(15-16-33-21-13-11-20(32-2)12-14-21)24(29)19-9-7-18(8-10-19)17-28-25(30)22-5-3-4-6-23(22)26(28)31/h3-14H,15-17H2,1-2H3. The second kappa shape index (κ2) is 9.56. The van der Waals surface area contributed by atoms with Crippen LogP contribution in [0.3, 0.4) is 0 Å². The van der Waals surface area contributed by atoms with Gasteiger partial charge in [0.05, 0.1) is 31.3 Å². The Bertz CT molecular complexity index is 1140. The van der Waals surface area contributed by atoms with E-state index in [1.54, 1.807) is 67.6 Å². The van der Waals surface area contributed by atoms with Crippen LogP contribution in [0, 0.1) is 0 Å². The van der Waals surface area contributed by atoms with Crippen molar-refractivity contribution in [3.05, 3.63) is 95.1 Å². The molecule has 4 rings (SSSR count). The Morgan fingerprint density at radius 3 is 2.00 bits per heavy atom. The summed E-state index contributed by atoms with van der Waals surface area (Å²) in [6.45, 7) is 0.931. The lowest BCUT2D eigenvalue weighted by Crippen LogP contribution is -2.31. The molecule has 0 saturated heterocycles. The van der Waals surface area contributed by atoms with Crippen LogP contribution in [-0.2, 0) is 6.54 Å². The van der Waals surface area contributed by atoms with Gasteiger partial charge in [-0.1, -0.05) is 24.3 Å². The number of hydrogen-bond acceptors (Lipinski definition) is 5. The van der Waals surface area contributed by atoms with E-state index in [1.165, 1.54) is 4.90 Å². The van der Waals surface area contributed by atoms with Crippen molar-refractivity contribution in [1.82, 2.24) is 9.80 Å². The predicted octanol–water partition coefficient (Wildman–Crippen LogP) is 3.64. The number of carbonyl (C=O) groups excluding carboxylic acids is 3. The van der Waals surface area contributed by atoms with Crippen LogP contribution < -0.4 is 9.47 Å². The molecule has 33 heavy (non-hydrogen) atoms. The number of imide groups is 1. The van der Waals surface area contributed by atoms with Gasteiger partial charge in [0.2, 0.25) is 0 Å². The molecule has 3 aromatic carbocycles. The normalized spacial score (nSPS) is 12.5. The van der Waals surface area contributed by atoms with Gasteiger partial charge >= 0.3 is 0 Å². The second-order valence-corrected chi connectivity index (χ2v) is 7.69. The highest BCUT2D eigenvalue weighted by atomic mass is 16.5. The molecular weight excluding hydrogens is 420 g/mol. The molecule has 0 saturated carbocycles. The van der Waals surface area contributed by atoms with Crippen LogP contribution in [0.15, 0.2) is 72.8 Å². The van der Waals surface area contributed by atoms with E-state index in [1.807, 2.05) is 24.3 Å². The maximum absolute atomic E-state index is 12.7.